The van der Waals surface area contributed by atoms with Crippen LogP contribution in [-0.4, -0.2) is 33.7 Å². The van der Waals surface area contributed by atoms with Crippen molar-refractivity contribution in [3.05, 3.63) is 75.6 Å². The predicted molar refractivity (Wildman–Crippen MR) is 129 cm³/mol. The fraction of sp³-hybridized carbons (Fsp3) is 0.320. The highest BCUT2D eigenvalue weighted by molar-refractivity contribution is 7.21. The van der Waals surface area contributed by atoms with Crippen molar-refractivity contribution in [3.8, 4) is 0 Å². The lowest BCUT2D eigenvalue weighted by molar-refractivity contribution is 0.0695. The van der Waals surface area contributed by atoms with E-state index in [-0.39, 0.29) is 11.1 Å². The van der Waals surface area contributed by atoms with E-state index in [4.69, 9.17) is 0 Å². The zero-order valence-corrected chi connectivity index (χ0v) is 18.6. The Morgan fingerprint density at radius 3 is 2.69 bits per heavy atom. The van der Waals surface area contributed by atoms with Crippen LogP contribution in [0.4, 0.5) is 5.13 Å². The fourth-order valence-corrected chi connectivity index (χ4v) is 5.56. The summed E-state index contributed by atoms with van der Waals surface area (Å²) in [7, 11) is 0. The molecule has 3 heterocycles. The van der Waals surface area contributed by atoms with Crippen molar-refractivity contribution in [2.75, 3.05) is 18.0 Å². The number of carboxylic acids is 1. The predicted octanol–water partition coefficient (Wildman–Crippen LogP) is 4.93. The number of fused-ring (bicyclic) bond motifs is 1. The summed E-state index contributed by atoms with van der Waals surface area (Å²) in [5.41, 5.74) is 2.91. The molecule has 1 fully saturated rings. The summed E-state index contributed by atoms with van der Waals surface area (Å²) in [6.45, 7) is 2.31. The topological polar surface area (TPSA) is 75.4 Å². The Hall–Kier alpha value is -3.19. The Kier molecular flexibility index (Phi) is 5.66. The van der Waals surface area contributed by atoms with Gasteiger partial charge in [0, 0.05) is 25.8 Å². The van der Waals surface area contributed by atoms with Crippen molar-refractivity contribution in [2.24, 2.45) is 0 Å². The molecule has 0 amide bonds. The zero-order chi connectivity index (χ0) is 22.1. The van der Waals surface area contributed by atoms with Crippen LogP contribution in [0.5, 0.6) is 0 Å². The molecule has 32 heavy (non-hydrogen) atoms. The minimum atomic E-state index is -1.22. The molecule has 0 bridgehead atoms. The molecule has 2 aromatic heterocycles. The summed E-state index contributed by atoms with van der Waals surface area (Å²) < 4.78 is 1.89. The second kappa shape index (κ2) is 8.74. The molecule has 1 N–H and O–H groups in total. The largest absolute Gasteiger partial charge is 0.477 e. The lowest BCUT2D eigenvalue weighted by atomic mass is 9.95. The Morgan fingerprint density at radius 1 is 1.12 bits per heavy atom. The number of rotatable bonds is 5. The maximum absolute atomic E-state index is 12.9. The second-order valence-electron chi connectivity index (χ2n) is 8.30. The Labute approximate surface area is 190 Å². The Balaban J connectivity index is 1.62. The van der Waals surface area contributed by atoms with Crippen LogP contribution in [0.3, 0.4) is 0 Å². The Bertz CT molecular complexity index is 1300. The van der Waals surface area contributed by atoms with Crippen LogP contribution in [0, 0.1) is 0 Å². The number of carboxylic acid groups (broad SMARTS) is 1. The maximum atomic E-state index is 12.9. The summed E-state index contributed by atoms with van der Waals surface area (Å²) in [4.78, 5) is 32.3. The third kappa shape index (κ3) is 3.88. The Morgan fingerprint density at radius 2 is 1.94 bits per heavy atom. The third-order valence-electron chi connectivity index (χ3n) is 6.12. The van der Waals surface area contributed by atoms with Crippen LogP contribution in [-0.2, 0) is 6.54 Å². The highest BCUT2D eigenvalue weighted by Crippen LogP contribution is 2.31. The van der Waals surface area contributed by atoms with Gasteiger partial charge in [-0.3, -0.25) is 4.79 Å². The first-order valence-electron chi connectivity index (χ1n) is 11.1. The van der Waals surface area contributed by atoms with Gasteiger partial charge in [0.2, 0.25) is 5.43 Å². The van der Waals surface area contributed by atoms with Crippen molar-refractivity contribution in [1.29, 1.82) is 0 Å². The van der Waals surface area contributed by atoms with Crippen LogP contribution in [0.2, 0.25) is 0 Å². The monoisotopic (exact) mass is 447 g/mol. The summed E-state index contributed by atoms with van der Waals surface area (Å²) in [5.74, 6) is -1.22. The lowest BCUT2D eigenvalue weighted by Gasteiger charge is -2.25. The van der Waals surface area contributed by atoms with E-state index in [2.05, 4.69) is 40.2 Å². The summed E-state index contributed by atoms with van der Waals surface area (Å²) in [5, 5.41) is 10.5. The van der Waals surface area contributed by atoms with Gasteiger partial charge in [0.1, 0.15) is 15.9 Å². The van der Waals surface area contributed by atoms with Crippen molar-refractivity contribution in [1.82, 2.24) is 9.55 Å². The molecule has 164 valence electrons. The van der Waals surface area contributed by atoms with Crippen LogP contribution in [0.15, 0.2) is 53.5 Å². The molecule has 0 atom stereocenters. The SMILES string of the molecule is O=C(O)c1cn(Cc2ccccc2C2=CCCC=C2)c2sc(N3CCCCC3)nc2c1=O. The van der Waals surface area contributed by atoms with Gasteiger partial charge in [-0.1, -0.05) is 53.8 Å². The molecule has 1 aliphatic heterocycles. The highest BCUT2D eigenvalue weighted by atomic mass is 32.1. The number of thiazole rings is 1. The van der Waals surface area contributed by atoms with Gasteiger partial charge in [0.15, 0.2) is 5.13 Å². The molecule has 1 saturated heterocycles. The first-order chi connectivity index (χ1) is 15.6. The molecule has 2 aliphatic rings. The van der Waals surface area contributed by atoms with Gasteiger partial charge in [0.05, 0.1) is 0 Å². The van der Waals surface area contributed by atoms with Crippen LogP contribution in [0.1, 0.15) is 53.6 Å². The van der Waals surface area contributed by atoms with E-state index < -0.39 is 11.4 Å². The number of carbonyl (C=O) groups is 1. The number of pyridine rings is 1. The molecule has 7 heteroatoms. The van der Waals surface area contributed by atoms with E-state index in [1.807, 2.05) is 16.7 Å². The highest BCUT2D eigenvalue weighted by Gasteiger charge is 2.22. The molecule has 3 aromatic rings. The number of piperidine rings is 1. The average Bonchev–Trinajstić information content (AvgIpc) is 3.29. The quantitative estimate of drug-likeness (QED) is 0.600. The zero-order valence-electron chi connectivity index (χ0n) is 17.8. The maximum Gasteiger partial charge on any atom is 0.341 e. The molecule has 0 spiro atoms. The van der Waals surface area contributed by atoms with E-state index in [0.717, 1.165) is 59.9 Å². The standard InChI is InChI=1S/C25H25N3O3S/c29-22-20(24(30)31)16-28(23-21(22)26-25(32-23)27-13-7-2-8-14-27)15-18-11-5-6-12-19(18)17-9-3-1-4-10-17/h3,5-6,9-12,16H,1-2,4,7-8,13-15H2,(H,30,31). The molecule has 0 radical (unpaired) electrons. The first-order valence-corrected chi connectivity index (χ1v) is 11.9. The summed E-state index contributed by atoms with van der Waals surface area (Å²) in [6, 6.07) is 8.18. The molecule has 5 rings (SSSR count). The number of nitrogens with zero attached hydrogens (tertiary/aromatic N) is 3. The molecule has 0 unspecified atom stereocenters. The van der Waals surface area contributed by atoms with E-state index >= 15 is 0 Å². The molecule has 6 nitrogen and oxygen atoms in total. The van der Waals surface area contributed by atoms with Gasteiger partial charge in [-0.2, -0.15) is 0 Å². The van der Waals surface area contributed by atoms with Gasteiger partial charge in [-0.05, 0) is 48.8 Å². The van der Waals surface area contributed by atoms with Crippen molar-refractivity contribution in [2.45, 2.75) is 38.6 Å². The van der Waals surface area contributed by atoms with E-state index in [9.17, 15) is 14.7 Å². The molecule has 1 aromatic carbocycles. The summed E-state index contributed by atoms with van der Waals surface area (Å²) >= 11 is 1.48. The van der Waals surface area contributed by atoms with Crippen molar-refractivity contribution >= 4 is 38.4 Å². The van der Waals surface area contributed by atoms with Crippen LogP contribution in [0.25, 0.3) is 15.9 Å². The van der Waals surface area contributed by atoms with Gasteiger partial charge in [-0.25, -0.2) is 9.78 Å². The van der Waals surface area contributed by atoms with Gasteiger partial charge >= 0.3 is 5.97 Å². The average molecular weight is 448 g/mol. The number of aromatic nitrogens is 2. The number of allylic oxidation sites excluding steroid dienone is 4. The minimum absolute atomic E-state index is 0.234. The van der Waals surface area contributed by atoms with Gasteiger partial charge in [-0.15, -0.1) is 0 Å². The van der Waals surface area contributed by atoms with E-state index in [0.29, 0.717) is 6.54 Å². The number of anilines is 1. The van der Waals surface area contributed by atoms with Crippen molar-refractivity contribution < 1.29 is 9.90 Å². The number of aromatic carboxylic acids is 1. The van der Waals surface area contributed by atoms with Gasteiger partial charge < -0.3 is 14.6 Å². The normalized spacial score (nSPS) is 16.4. The number of hydrogen-bond donors (Lipinski definition) is 1. The lowest BCUT2D eigenvalue weighted by Crippen LogP contribution is -2.29. The molecule has 0 saturated carbocycles. The van der Waals surface area contributed by atoms with Crippen LogP contribution < -0.4 is 10.3 Å². The number of benzene rings is 1. The van der Waals surface area contributed by atoms with E-state index in [1.54, 1.807) is 0 Å². The number of hydrogen-bond acceptors (Lipinski definition) is 5. The minimum Gasteiger partial charge on any atom is -0.477 e. The third-order valence-corrected chi connectivity index (χ3v) is 7.28. The van der Waals surface area contributed by atoms with Crippen LogP contribution >= 0.6 is 11.3 Å². The first kappa shape index (κ1) is 20.7. The summed E-state index contributed by atoms with van der Waals surface area (Å²) in [6.07, 6.45) is 13.5. The smallest absolute Gasteiger partial charge is 0.341 e. The van der Waals surface area contributed by atoms with E-state index in [1.165, 1.54) is 29.5 Å². The molecule has 1 aliphatic carbocycles. The second-order valence-corrected chi connectivity index (χ2v) is 9.26. The van der Waals surface area contributed by atoms with Gasteiger partial charge in [0.25, 0.3) is 0 Å². The molecular formula is C25H25N3O3S. The molecular weight excluding hydrogens is 422 g/mol. The fourth-order valence-electron chi connectivity index (χ4n) is 4.47. The van der Waals surface area contributed by atoms with Crippen molar-refractivity contribution in [3.63, 3.8) is 0 Å².